The molecule has 0 spiro atoms. The van der Waals surface area contributed by atoms with E-state index in [4.69, 9.17) is 14.6 Å². The fourth-order valence-electron chi connectivity index (χ4n) is 1.29. The largest absolute Gasteiger partial charge is 0.394 e. The Balaban J connectivity index is 2.40. The van der Waals surface area contributed by atoms with Crippen LogP contribution in [0, 0.1) is 5.92 Å². The van der Waals surface area contributed by atoms with Crippen LogP contribution in [0.1, 0.15) is 13.8 Å². The molecule has 14 heavy (non-hydrogen) atoms. The van der Waals surface area contributed by atoms with Crippen LogP contribution in [-0.2, 0) is 9.47 Å². The van der Waals surface area contributed by atoms with Crippen molar-refractivity contribution in [2.45, 2.75) is 38.4 Å². The van der Waals surface area contributed by atoms with E-state index in [1.165, 1.54) is 0 Å². The van der Waals surface area contributed by atoms with Crippen LogP contribution in [0.25, 0.3) is 0 Å². The minimum atomic E-state index is -1.08. The minimum absolute atomic E-state index is 0.320. The van der Waals surface area contributed by atoms with Gasteiger partial charge in [0, 0.05) is 0 Å². The smallest absolute Gasteiger partial charge is 0.186 e. The Morgan fingerprint density at radius 3 is 2.36 bits per heavy atom. The van der Waals surface area contributed by atoms with Gasteiger partial charge in [-0.15, -0.1) is 0 Å². The van der Waals surface area contributed by atoms with Gasteiger partial charge in [0.1, 0.15) is 18.3 Å². The number of hydrogen-bond acceptors (Lipinski definition) is 5. The van der Waals surface area contributed by atoms with Gasteiger partial charge in [-0.25, -0.2) is 0 Å². The highest BCUT2D eigenvalue weighted by atomic mass is 16.7. The molecule has 1 aliphatic rings. The summed E-state index contributed by atoms with van der Waals surface area (Å²) >= 11 is 0. The second-order valence-corrected chi connectivity index (χ2v) is 3.93. The van der Waals surface area contributed by atoms with Crippen molar-refractivity contribution in [2.24, 2.45) is 5.92 Å². The molecule has 0 aromatic heterocycles. The van der Waals surface area contributed by atoms with E-state index in [0.717, 1.165) is 0 Å². The molecule has 0 aliphatic carbocycles. The first-order chi connectivity index (χ1) is 6.56. The van der Waals surface area contributed by atoms with Gasteiger partial charge in [-0.1, -0.05) is 13.8 Å². The van der Waals surface area contributed by atoms with Crippen molar-refractivity contribution in [3.8, 4) is 0 Å². The number of aliphatic hydroxyl groups excluding tert-OH is 3. The molecule has 1 heterocycles. The first-order valence-electron chi connectivity index (χ1n) is 4.80. The first-order valence-corrected chi connectivity index (χ1v) is 4.80. The minimum Gasteiger partial charge on any atom is -0.394 e. The summed E-state index contributed by atoms with van der Waals surface area (Å²) in [5.41, 5.74) is 0. The maximum absolute atomic E-state index is 9.46. The van der Waals surface area contributed by atoms with Crippen molar-refractivity contribution < 1.29 is 24.8 Å². The van der Waals surface area contributed by atoms with Crippen LogP contribution in [0.2, 0.25) is 0 Å². The maximum Gasteiger partial charge on any atom is 0.186 e. The number of hydrogen-bond donors (Lipinski definition) is 3. The second-order valence-electron chi connectivity index (χ2n) is 3.93. The van der Waals surface area contributed by atoms with Gasteiger partial charge < -0.3 is 24.8 Å². The lowest BCUT2D eigenvalue weighted by Gasteiger charge is -2.16. The second kappa shape index (κ2) is 5.04. The molecule has 84 valence electrons. The quantitative estimate of drug-likeness (QED) is 0.555. The fourth-order valence-corrected chi connectivity index (χ4v) is 1.29. The molecule has 5 nitrogen and oxygen atoms in total. The van der Waals surface area contributed by atoms with E-state index in [9.17, 15) is 10.2 Å². The third-order valence-electron chi connectivity index (χ3n) is 2.09. The molecule has 1 aliphatic heterocycles. The van der Waals surface area contributed by atoms with Crippen LogP contribution in [0.3, 0.4) is 0 Å². The molecule has 0 aromatic rings. The van der Waals surface area contributed by atoms with E-state index < -0.39 is 24.6 Å². The van der Waals surface area contributed by atoms with Crippen LogP contribution >= 0.6 is 0 Å². The third-order valence-corrected chi connectivity index (χ3v) is 2.09. The highest BCUT2D eigenvalue weighted by molar-refractivity contribution is 4.86. The number of ether oxygens (including phenoxy) is 2. The molecule has 5 heteroatoms. The van der Waals surface area contributed by atoms with Crippen molar-refractivity contribution in [1.29, 1.82) is 0 Å². The summed E-state index contributed by atoms with van der Waals surface area (Å²) in [5, 5.41) is 27.6. The molecule has 1 saturated heterocycles. The van der Waals surface area contributed by atoms with Crippen molar-refractivity contribution in [3.05, 3.63) is 0 Å². The molecule has 0 radical (unpaired) electrons. The summed E-state index contributed by atoms with van der Waals surface area (Å²) in [7, 11) is 0. The van der Waals surface area contributed by atoms with Gasteiger partial charge in [0.05, 0.1) is 13.2 Å². The zero-order valence-electron chi connectivity index (χ0n) is 8.46. The average Bonchev–Trinajstić information content (AvgIpc) is 2.41. The Morgan fingerprint density at radius 2 is 1.93 bits per heavy atom. The van der Waals surface area contributed by atoms with Gasteiger partial charge >= 0.3 is 0 Å². The number of rotatable bonds is 4. The van der Waals surface area contributed by atoms with Gasteiger partial charge in [0.2, 0.25) is 0 Å². The van der Waals surface area contributed by atoms with E-state index in [1.807, 2.05) is 13.8 Å². The van der Waals surface area contributed by atoms with Crippen molar-refractivity contribution in [3.63, 3.8) is 0 Å². The highest BCUT2D eigenvalue weighted by Gasteiger charge is 2.42. The standard InChI is InChI=1S/C9H18O5/c1-5(2)4-13-9-8(12)7(11)6(3-10)14-9/h5-12H,3-4H2,1-2H3/t6-,7+,8-,9?/m1/s1. The predicted molar refractivity (Wildman–Crippen MR) is 48.6 cm³/mol. The molecular weight excluding hydrogens is 188 g/mol. The molecule has 0 saturated carbocycles. The molecule has 1 unspecified atom stereocenters. The normalized spacial score (nSPS) is 38.1. The van der Waals surface area contributed by atoms with E-state index in [-0.39, 0.29) is 6.61 Å². The van der Waals surface area contributed by atoms with Gasteiger partial charge in [0.15, 0.2) is 6.29 Å². The lowest BCUT2D eigenvalue weighted by atomic mass is 10.1. The molecule has 1 fully saturated rings. The molecular formula is C9H18O5. The Bertz CT molecular complexity index is 173. The van der Waals surface area contributed by atoms with Crippen LogP contribution in [-0.4, -0.2) is 53.1 Å². The zero-order chi connectivity index (χ0) is 10.7. The first kappa shape index (κ1) is 11.9. The van der Waals surface area contributed by atoms with Crippen molar-refractivity contribution in [2.75, 3.05) is 13.2 Å². The fraction of sp³-hybridized carbons (Fsp3) is 1.00. The van der Waals surface area contributed by atoms with Crippen LogP contribution in [0.4, 0.5) is 0 Å². The molecule has 0 bridgehead atoms. The summed E-state index contributed by atoms with van der Waals surface area (Å²) in [6, 6.07) is 0. The molecule has 1 rings (SSSR count). The van der Waals surface area contributed by atoms with E-state index >= 15 is 0 Å². The van der Waals surface area contributed by atoms with Gasteiger partial charge in [-0.05, 0) is 5.92 Å². The highest BCUT2D eigenvalue weighted by Crippen LogP contribution is 2.22. The van der Waals surface area contributed by atoms with Gasteiger partial charge in [0.25, 0.3) is 0 Å². The number of aliphatic hydroxyl groups is 3. The summed E-state index contributed by atoms with van der Waals surface area (Å²) in [6.07, 6.45) is -3.73. The van der Waals surface area contributed by atoms with Crippen LogP contribution < -0.4 is 0 Å². The van der Waals surface area contributed by atoms with E-state index in [2.05, 4.69) is 0 Å². The predicted octanol–water partition coefficient (Wildman–Crippen LogP) is -0.902. The van der Waals surface area contributed by atoms with Gasteiger partial charge in [-0.2, -0.15) is 0 Å². The van der Waals surface area contributed by atoms with E-state index in [1.54, 1.807) is 0 Å². The Labute approximate surface area is 83.3 Å². The summed E-state index contributed by atoms with van der Waals surface area (Å²) in [6.45, 7) is 4.08. The lowest BCUT2D eigenvalue weighted by molar-refractivity contribution is -0.174. The zero-order valence-corrected chi connectivity index (χ0v) is 8.46. The maximum atomic E-state index is 9.46. The average molecular weight is 206 g/mol. The molecule has 3 N–H and O–H groups in total. The Morgan fingerprint density at radius 1 is 1.29 bits per heavy atom. The van der Waals surface area contributed by atoms with Crippen LogP contribution in [0.15, 0.2) is 0 Å². The van der Waals surface area contributed by atoms with E-state index in [0.29, 0.717) is 12.5 Å². The van der Waals surface area contributed by atoms with Crippen molar-refractivity contribution >= 4 is 0 Å². The topological polar surface area (TPSA) is 79.2 Å². The Kier molecular flexibility index (Phi) is 4.28. The lowest BCUT2D eigenvalue weighted by Crippen LogP contribution is -2.34. The van der Waals surface area contributed by atoms with Crippen LogP contribution in [0.5, 0.6) is 0 Å². The third kappa shape index (κ3) is 2.65. The monoisotopic (exact) mass is 206 g/mol. The SMILES string of the molecule is CC(C)COC1O[C@H](CO)[C@H](O)[C@H]1O. The molecule has 4 atom stereocenters. The summed E-state index contributed by atoms with van der Waals surface area (Å²) in [4.78, 5) is 0. The summed E-state index contributed by atoms with van der Waals surface area (Å²) in [5.74, 6) is 0.330. The molecule has 0 aromatic carbocycles. The summed E-state index contributed by atoms with van der Waals surface area (Å²) < 4.78 is 10.3. The Hall–Kier alpha value is -0.200. The van der Waals surface area contributed by atoms with Gasteiger partial charge in [-0.3, -0.25) is 0 Å². The molecule has 0 amide bonds. The van der Waals surface area contributed by atoms with Crippen molar-refractivity contribution in [1.82, 2.24) is 0 Å².